The monoisotopic (exact) mass is 246 g/mol. The van der Waals surface area contributed by atoms with Crippen LogP contribution in [0.3, 0.4) is 0 Å². The van der Waals surface area contributed by atoms with E-state index in [2.05, 4.69) is 19.0 Å². The lowest BCUT2D eigenvalue weighted by molar-refractivity contribution is 0.339. The van der Waals surface area contributed by atoms with E-state index in [-0.39, 0.29) is 5.92 Å². The van der Waals surface area contributed by atoms with Crippen LogP contribution >= 0.6 is 0 Å². The third kappa shape index (κ3) is 2.18. The van der Waals surface area contributed by atoms with Crippen LogP contribution in [0.2, 0.25) is 0 Å². The third-order valence-corrected chi connectivity index (χ3v) is 2.76. The van der Waals surface area contributed by atoms with Crippen LogP contribution in [0.5, 0.6) is 5.75 Å². The fourth-order valence-corrected chi connectivity index (χ4v) is 2.00. The van der Waals surface area contributed by atoms with E-state index in [1.807, 2.05) is 31.2 Å². The van der Waals surface area contributed by atoms with Crippen LogP contribution in [0.1, 0.15) is 32.3 Å². The van der Waals surface area contributed by atoms with Gasteiger partial charge in [-0.15, -0.1) is 0 Å². The Morgan fingerprint density at radius 1 is 1.33 bits per heavy atom. The molecule has 18 heavy (non-hydrogen) atoms. The summed E-state index contributed by atoms with van der Waals surface area (Å²) in [5.74, 6) is 2.19. The van der Waals surface area contributed by atoms with Crippen LogP contribution < -0.4 is 10.5 Å². The average Bonchev–Trinajstić information content (AvgIpc) is 2.72. The second-order valence-electron chi connectivity index (χ2n) is 4.39. The van der Waals surface area contributed by atoms with Gasteiger partial charge in [0.2, 0.25) is 0 Å². The first kappa shape index (κ1) is 12.5. The van der Waals surface area contributed by atoms with Crippen LogP contribution in [0, 0.1) is 0 Å². The Balaban J connectivity index is 2.55. The summed E-state index contributed by atoms with van der Waals surface area (Å²) in [6.45, 7) is 6.69. The molecule has 4 heteroatoms. The number of rotatable bonds is 4. The Kier molecular flexibility index (Phi) is 3.55. The first-order valence-electron chi connectivity index (χ1n) is 6.12. The Hall–Kier alpha value is -1.97. The van der Waals surface area contributed by atoms with E-state index in [4.69, 9.17) is 15.0 Å². The highest BCUT2D eigenvalue weighted by atomic mass is 16.5. The summed E-state index contributed by atoms with van der Waals surface area (Å²) in [6, 6.07) is 7.75. The van der Waals surface area contributed by atoms with Gasteiger partial charge < -0.3 is 15.0 Å². The summed E-state index contributed by atoms with van der Waals surface area (Å²) < 4.78 is 11.0. The second-order valence-corrected chi connectivity index (χ2v) is 4.39. The Morgan fingerprint density at radius 2 is 2.06 bits per heavy atom. The van der Waals surface area contributed by atoms with E-state index >= 15 is 0 Å². The molecule has 0 radical (unpaired) electrons. The van der Waals surface area contributed by atoms with E-state index in [1.165, 1.54) is 0 Å². The summed E-state index contributed by atoms with van der Waals surface area (Å²) in [5.41, 5.74) is 7.69. The zero-order valence-corrected chi connectivity index (χ0v) is 10.9. The van der Waals surface area contributed by atoms with Gasteiger partial charge in [-0.25, -0.2) is 0 Å². The molecule has 0 aliphatic carbocycles. The van der Waals surface area contributed by atoms with Gasteiger partial charge in [0.1, 0.15) is 5.75 Å². The van der Waals surface area contributed by atoms with E-state index < -0.39 is 0 Å². The molecule has 2 N–H and O–H groups in total. The van der Waals surface area contributed by atoms with Crippen molar-refractivity contribution < 1.29 is 9.26 Å². The molecule has 1 aromatic carbocycles. The van der Waals surface area contributed by atoms with Crippen LogP contribution in [0.4, 0.5) is 5.82 Å². The average molecular weight is 246 g/mol. The van der Waals surface area contributed by atoms with Gasteiger partial charge in [0.05, 0.1) is 12.2 Å². The summed E-state index contributed by atoms with van der Waals surface area (Å²) in [7, 11) is 0. The summed E-state index contributed by atoms with van der Waals surface area (Å²) in [5, 5.41) is 3.86. The number of hydrogen-bond acceptors (Lipinski definition) is 4. The number of benzene rings is 1. The van der Waals surface area contributed by atoms with Gasteiger partial charge >= 0.3 is 0 Å². The fraction of sp³-hybridized carbons (Fsp3) is 0.357. The molecule has 0 aliphatic heterocycles. The van der Waals surface area contributed by atoms with Gasteiger partial charge in [-0.2, -0.15) is 0 Å². The van der Waals surface area contributed by atoms with Gasteiger partial charge in [-0.1, -0.05) is 31.1 Å². The van der Waals surface area contributed by atoms with Crippen LogP contribution in [-0.2, 0) is 0 Å². The van der Waals surface area contributed by atoms with Crippen molar-refractivity contribution in [2.75, 3.05) is 12.3 Å². The summed E-state index contributed by atoms with van der Waals surface area (Å²) in [4.78, 5) is 0. The van der Waals surface area contributed by atoms with Crippen molar-refractivity contribution in [3.05, 3.63) is 29.8 Å². The zero-order chi connectivity index (χ0) is 13.1. The van der Waals surface area contributed by atoms with Crippen molar-refractivity contribution in [3.8, 4) is 17.1 Å². The van der Waals surface area contributed by atoms with E-state index in [1.54, 1.807) is 0 Å². The first-order valence-corrected chi connectivity index (χ1v) is 6.12. The van der Waals surface area contributed by atoms with Crippen LogP contribution in [0.25, 0.3) is 11.3 Å². The molecule has 2 aromatic rings. The second kappa shape index (κ2) is 5.12. The van der Waals surface area contributed by atoms with Crippen LogP contribution in [0.15, 0.2) is 28.8 Å². The van der Waals surface area contributed by atoms with Crippen molar-refractivity contribution in [1.29, 1.82) is 0 Å². The first-order chi connectivity index (χ1) is 8.65. The van der Waals surface area contributed by atoms with Gasteiger partial charge in [0.25, 0.3) is 0 Å². The molecular formula is C14H18N2O2. The standard InChI is InChI=1S/C14H18N2O2/c1-4-17-11-8-6-5-7-10(11)13-12(9(2)3)14(15)16-18-13/h5-9H,4H2,1-3H3,(H2,15,16). The third-order valence-electron chi connectivity index (χ3n) is 2.76. The highest BCUT2D eigenvalue weighted by Crippen LogP contribution is 2.37. The summed E-state index contributed by atoms with van der Waals surface area (Å²) >= 11 is 0. The maximum atomic E-state index is 5.86. The lowest BCUT2D eigenvalue weighted by Gasteiger charge is -2.10. The number of hydrogen-bond donors (Lipinski definition) is 1. The molecular weight excluding hydrogens is 228 g/mol. The minimum atomic E-state index is 0.251. The SMILES string of the molecule is CCOc1ccccc1-c1onc(N)c1C(C)C. The molecule has 0 saturated heterocycles. The molecule has 96 valence electrons. The minimum Gasteiger partial charge on any atom is -0.493 e. The van der Waals surface area contributed by atoms with Gasteiger partial charge in [0.15, 0.2) is 11.6 Å². The molecule has 2 rings (SSSR count). The van der Waals surface area contributed by atoms with Gasteiger partial charge in [-0.3, -0.25) is 0 Å². The highest BCUT2D eigenvalue weighted by molar-refractivity contribution is 5.72. The van der Waals surface area contributed by atoms with E-state index in [0.717, 1.165) is 16.9 Å². The van der Waals surface area contributed by atoms with Crippen molar-refractivity contribution in [2.45, 2.75) is 26.7 Å². The number of aromatic nitrogens is 1. The number of anilines is 1. The van der Waals surface area contributed by atoms with E-state index in [9.17, 15) is 0 Å². The van der Waals surface area contributed by atoms with E-state index in [0.29, 0.717) is 18.2 Å². The molecule has 0 unspecified atom stereocenters. The normalized spacial score (nSPS) is 10.9. The quantitative estimate of drug-likeness (QED) is 0.897. The molecule has 0 spiro atoms. The smallest absolute Gasteiger partial charge is 0.176 e. The maximum absolute atomic E-state index is 5.86. The topological polar surface area (TPSA) is 61.3 Å². The number of ether oxygens (including phenoxy) is 1. The van der Waals surface area contributed by atoms with Crippen molar-refractivity contribution in [2.24, 2.45) is 0 Å². The molecule has 0 amide bonds. The number of nitrogens with two attached hydrogens (primary N) is 1. The number of nitrogen functional groups attached to an aromatic ring is 1. The lowest BCUT2D eigenvalue weighted by atomic mass is 9.99. The fourth-order valence-electron chi connectivity index (χ4n) is 2.00. The van der Waals surface area contributed by atoms with Gasteiger partial charge in [-0.05, 0) is 25.0 Å². The Bertz CT molecular complexity index is 532. The van der Waals surface area contributed by atoms with Crippen molar-refractivity contribution in [3.63, 3.8) is 0 Å². The maximum Gasteiger partial charge on any atom is 0.176 e. The molecule has 0 bridgehead atoms. The number of para-hydroxylation sites is 1. The molecule has 0 aliphatic rings. The number of nitrogens with zero attached hydrogens (tertiary/aromatic N) is 1. The minimum absolute atomic E-state index is 0.251. The lowest BCUT2D eigenvalue weighted by Crippen LogP contribution is -1.97. The molecule has 0 saturated carbocycles. The van der Waals surface area contributed by atoms with Crippen LogP contribution in [-0.4, -0.2) is 11.8 Å². The zero-order valence-electron chi connectivity index (χ0n) is 10.9. The predicted molar refractivity (Wildman–Crippen MR) is 71.6 cm³/mol. The summed E-state index contributed by atoms with van der Waals surface area (Å²) in [6.07, 6.45) is 0. The van der Waals surface area contributed by atoms with Crippen molar-refractivity contribution >= 4 is 5.82 Å². The molecule has 0 fully saturated rings. The largest absolute Gasteiger partial charge is 0.493 e. The predicted octanol–water partition coefficient (Wildman–Crippen LogP) is 3.45. The van der Waals surface area contributed by atoms with Crippen molar-refractivity contribution in [1.82, 2.24) is 5.16 Å². The highest BCUT2D eigenvalue weighted by Gasteiger charge is 2.20. The Morgan fingerprint density at radius 3 is 2.72 bits per heavy atom. The molecule has 1 heterocycles. The molecule has 0 atom stereocenters. The molecule has 4 nitrogen and oxygen atoms in total. The Labute approximate surface area is 107 Å². The molecule has 1 aromatic heterocycles. The van der Waals surface area contributed by atoms with Gasteiger partial charge in [0, 0.05) is 5.56 Å².